The number of hydrogen-bond acceptors (Lipinski definition) is 4. The Balaban J connectivity index is 2.91. The SMILES string of the molecule is COCS(=O)(=O)c1ccc(CC(=O)O)cc1. The molecule has 0 amide bonds. The molecule has 1 N–H and O–H groups in total. The second kappa shape index (κ2) is 5.09. The van der Waals surface area contributed by atoms with Crippen LogP contribution in [0.5, 0.6) is 0 Å². The van der Waals surface area contributed by atoms with E-state index in [2.05, 4.69) is 4.74 Å². The Morgan fingerprint density at radius 1 is 1.31 bits per heavy atom. The summed E-state index contributed by atoms with van der Waals surface area (Å²) in [5.41, 5.74) is 0.559. The van der Waals surface area contributed by atoms with Crippen LogP contribution in [-0.2, 0) is 25.8 Å². The number of methoxy groups -OCH3 is 1. The molecule has 1 aromatic carbocycles. The van der Waals surface area contributed by atoms with Gasteiger partial charge < -0.3 is 9.84 Å². The number of hydrogen-bond donors (Lipinski definition) is 1. The summed E-state index contributed by atoms with van der Waals surface area (Å²) in [6.07, 6.45) is -0.120. The van der Waals surface area contributed by atoms with Crippen molar-refractivity contribution in [3.63, 3.8) is 0 Å². The maximum Gasteiger partial charge on any atom is 0.307 e. The normalized spacial score (nSPS) is 11.3. The quantitative estimate of drug-likeness (QED) is 0.824. The summed E-state index contributed by atoms with van der Waals surface area (Å²) in [5, 5.41) is 8.54. The number of carbonyl (C=O) groups is 1. The van der Waals surface area contributed by atoms with Crippen LogP contribution in [0, 0.1) is 0 Å². The molecule has 6 heteroatoms. The molecule has 0 atom stereocenters. The number of aliphatic carboxylic acids is 1. The van der Waals surface area contributed by atoms with Gasteiger partial charge >= 0.3 is 5.97 Å². The Hall–Kier alpha value is -1.40. The highest BCUT2D eigenvalue weighted by atomic mass is 32.2. The van der Waals surface area contributed by atoms with Gasteiger partial charge in [0.25, 0.3) is 0 Å². The lowest BCUT2D eigenvalue weighted by Gasteiger charge is -2.03. The Bertz CT molecular complexity index is 460. The maximum atomic E-state index is 11.5. The van der Waals surface area contributed by atoms with Crippen molar-refractivity contribution in [3.8, 4) is 0 Å². The van der Waals surface area contributed by atoms with Crippen LogP contribution in [0.15, 0.2) is 29.2 Å². The standard InChI is InChI=1S/C10H12O5S/c1-15-7-16(13,14)9-4-2-8(3-5-9)6-10(11)12/h2-5H,6-7H2,1H3,(H,11,12). The van der Waals surface area contributed by atoms with E-state index in [0.717, 1.165) is 0 Å². The first-order valence-corrected chi connectivity index (χ1v) is 6.13. The zero-order valence-electron chi connectivity index (χ0n) is 8.71. The van der Waals surface area contributed by atoms with Gasteiger partial charge in [-0.05, 0) is 17.7 Å². The summed E-state index contributed by atoms with van der Waals surface area (Å²) < 4.78 is 27.6. The lowest BCUT2D eigenvalue weighted by molar-refractivity contribution is -0.136. The van der Waals surface area contributed by atoms with Crippen molar-refractivity contribution in [2.75, 3.05) is 13.0 Å². The molecule has 1 aromatic rings. The minimum absolute atomic E-state index is 0.120. The monoisotopic (exact) mass is 244 g/mol. The lowest BCUT2D eigenvalue weighted by Crippen LogP contribution is -2.08. The van der Waals surface area contributed by atoms with Gasteiger partial charge in [0, 0.05) is 7.11 Å². The van der Waals surface area contributed by atoms with Crippen molar-refractivity contribution in [1.82, 2.24) is 0 Å². The van der Waals surface area contributed by atoms with Gasteiger partial charge in [0.05, 0.1) is 11.3 Å². The molecule has 0 radical (unpaired) electrons. The molecule has 0 spiro atoms. The third-order valence-corrected chi connectivity index (χ3v) is 3.45. The molecule has 0 aromatic heterocycles. The van der Waals surface area contributed by atoms with E-state index in [4.69, 9.17) is 5.11 Å². The zero-order valence-corrected chi connectivity index (χ0v) is 9.53. The van der Waals surface area contributed by atoms with Gasteiger partial charge in [-0.15, -0.1) is 0 Å². The van der Waals surface area contributed by atoms with Crippen LogP contribution >= 0.6 is 0 Å². The minimum atomic E-state index is -3.43. The molecule has 88 valence electrons. The number of rotatable bonds is 5. The van der Waals surface area contributed by atoms with Crippen LogP contribution in [0.2, 0.25) is 0 Å². The number of carboxylic acid groups (broad SMARTS) is 1. The first-order chi connectivity index (χ1) is 7.45. The van der Waals surface area contributed by atoms with Gasteiger partial charge in [0.15, 0.2) is 5.94 Å². The van der Waals surface area contributed by atoms with Gasteiger partial charge in [0.2, 0.25) is 9.84 Å². The fourth-order valence-corrected chi connectivity index (χ4v) is 2.21. The predicted molar refractivity (Wildman–Crippen MR) is 56.8 cm³/mol. The van der Waals surface area contributed by atoms with Crippen molar-refractivity contribution in [3.05, 3.63) is 29.8 Å². The molecular weight excluding hydrogens is 232 g/mol. The van der Waals surface area contributed by atoms with Crippen LogP contribution in [0.25, 0.3) is 0 Å². The predicted octanol–water partition coefficient (Wildman–Crippen LogP) is 0.691. The van der Waals surface area contributed by atoms with Crippen molar-refractivity contribution < 1.29 is 23.1 Å². The third kappa shape index (κ3) is 3.32. The highest BCUT2D eigenvalue weighted by Gasteiger charge is 2.13. The summed E-state index contributed by atoms with van der Waals surface area (Å²) in [6.45, 7) is 0. The van der Waals surface area contributed by atoms with Crippen molar-refractivity contribution in [1.29, 1.82) is 0 Å². The topological polar surface area (TPSA) is 80.7 Å². The van der Waals surface area contributed by atoms with E-state index in [1.54, 1.807) is 0 Å². The van der Waals surface area contributed by atoms with Crippen molar-refractivity contribution in [2.45, 2.75) is 11.3 Å². The summed E-state index contributed by atoms with van der Waals surface area (Å²) in [6, 6.07) is 5.73. The van der Waals surface area contributed by atoms with Gasteiger partial charge in [-0.1, -0.05) is 12.1 Å². The average Bonchev–Trinajstić information content (AvgIpc) is 2.17. The molecule has 0 saturated heterocycles. The second-order valence-corrected chi connectivity index (χ2v) is 5.17. The molecule has 16 heavy (non-hydrogen) atoms. The number of ether oxygens (including phenoxy) is 1. The van der Waals surface area contributed by atoms with E-state index >= 15 is 0 Å². The van der Waals surface area contributed by atoms with Crippen LogP contribution in [0.1, 0.15) is 5.56 Å². The first-order valence-electron chi connectivity index (χ1n) is 4.48. The van der Waals surface area contributed by atoms with Crippen LogP contribution < -0.4 is 0 Å². The minimum Gasteiger partial charge on any atom is -0.481 e. The summed E-state index contributed by atoms with van der Waals surface area (Å²) in [4.78, 5) is 10.5. The lowest BCUT2D eigenvalue weighted by atomic mass is 10.2. The Kier molecular flexibility index (Phi) is 4.03. The fraction of sp³-hybridized carbons (Fsp3) is 0.300. The molecule has 0 aliphatic rings. The molecule has 0 fully saturated rings. The van der Waals surface area contributed by atoms with E-state index < -0.39 is 15.8 Å². The largest absolute Gasteiger partial charge is 0.481 e. The second-order valence-electron chi connectivity index (χ2n) is 3.24. The van der Waals surface area contributed by atoms with Crippen LogP contribution in [0.3, 0.4) is 0 Å². The van der Waals surface area contributed by atoms with Gasteiger partial charge in [0.1, 0.15) is 0 Å². The molecule has 0 heterocycles. The molecule has 5 nitrogen and oxygen atoms in total. The van der Waals surface area contributed by atoms with Crippen molar-refractivity contribution >= 4 is 15.8 Å². The molecule has 0 aliphatic carbocycles. The average molecular weight is 244 g/mol. The smallest absolute Gasteiger partial charge is 0.307 e. The van der Waals surface area contributed by atoms with Gasteiger partial charge in [-0.2, -0.15) is 0 Å². The maximum absolute atomic E-state index is 11.5. The highest BCUT2D eigenvalue weighted by molar-refractivity contribution is 7.91. The molecule has 0 aliphatic heterocycles. The Labute approximate surface area is 93.6 Å². The summed E-state index contributed by atoms with van der Waals surface area (Å²) in [5.74, 6) is -1.34. The highest BCUT2D eigenvalue weighted by Crippen LogP contribution is 2.12. The fourth-order valence-electron chi connectivity index (χ4n) is 1.21. The Morgan fingerprint density at radius 2 is 1.88 bits per heavy atom. The van der Waals surface area contributed by atoms with E-state index in [0.29, 0.717) is 5.56 Å². The van der Waals surface area contributed by atoms with E-state index in [1.165, 1.54) is 31.4 Å². The van der Waals surface area contributed by atoms with E-state index in [1.807, 2.05) is 0 Å². The first kappa shape index (κ1) is 12.7. The molecular formula is C10H12O5S. The number of benzene rings is 1. The van der Waals surface area contributed by atoms with Crippen LogP contribution in [0.4, 0.5) is 0 Å². The van der Waals surface area contributed by atoms with Gasteiger partial charge in [-0.25, -0.2) is 8.42 Å². The summed E-state index contributed by atoms with van der Waals surface area (Å²) >= 11 is 0. The molecule has 0 unspecified atom stereocenters. The summed E-state index contributed by atoms with van der Waals surface area (Å²) in [7, 11) is -2.12. The van der Waals surface area contributed by atoms with E-state index in [-0.39, 0.29) is 17.3 Å². The van der Waals surface area contributed by atoms with E-state index in [9.17, 15) is 13.2 Å². The zero-order chi connectivity index (χ0) is 12.2. The third-order valence-electron chi connectivity index (χ3n) is 1.91. The molecule has 0 saturated carbocycles. The van der Waals surface area contributed by atoms with Crippen molar-refractivity contribution in [2.24, 2.45) is 0 Å². The van der Waals surface area contributed by atoms with Crippen LogP contribution in [-0.4, -0.2) is 32.5 Å². The number of carboxylic acids is 1. The Morgan fingerprint density at radius 3 is 2.31 bits per heavy atom. The number of sulfone groups is 1. The molecule has 1 rings (SSSR count). The van der Waals surface area contributed by atoms with Gasteiger partial charge in [-0.3, -0.25) is 4.79 Å². The molecule has 0 bridgehead atoms.